The minimum absolute atomic E-state index is 0.0894. The van der Waals surface area contributed by atoms with Gasteiger partial charge < -0.3 is 14.7 Å². The maximum absolute atomic E-state index is 13.2. The van der Waals surface area contributed by atoms with Crippen LogP contribution in [0.25, 0.3) is 10.8 Å². The summed E-state index contributed by atoms with van der Waals surface area (Å²) >= 11 is 0. The first-order chi connectivity index (χ1) is 15.0. The van der Waals surface area contributed by atoms with Crippen LogP contribution in [0.15, 0.2) is 72.8 Å². The lowest BCUT2D eigenvalue weighted by Gasteiger charge is -2.27. The van der Waals surface area contributed by atoms with Crippen LogP contribution < -0.4 is 0 Å². The lowest BCUT2D eigenvalue weighted by Crippen LogP contribution is -2.46. The minimum atomic E-state index is -0.746. The summed E-state index contributed by atoms with van der Waals surface area (Å²) in [4.78, 5) is 28.8. The number of ether oxygens (including phenoxy) is 1. The number of fused-ring (bicyclic) bond motifs is 1. The molecule has 3 aromatic rings. The van der Waals surface area contributed by atoms with Gasteiger partial charge in [-0.3, -0.25) is 9.69 Å². The Hall–Kier alpha value is -3.38. The van der Waals surface area contributed by atoms with E-state index in [4.69, 9.17) is 4.74 Å². The van der Waals surface area contributed by atoms with Crippen molar-refractivity contribution in [3.63, 3.8) is 0 Å². The molecule has 1 aliphatic rings. The zero-order chi connectivity index (χ0) is 21.8. The summed E-state index contributed by atoms with van der Waals surface area (Å²) in [5.41, 5.74) is 1.90. The highest BCUT2D eigenvalue weighted by Gasteiger charge is 2.41. The monoisotopic (exact) mass is 418 g/mol. The minimum Gasteiger partial charge on any atom is -0.445 e. The van der Waals surface area contributed by atoms with Crippen LogP contribution >= 0.6 is 0 Å². The van der Waals surface area contributed by atoms with Crippen molar-refractivity contribution in [3.05, 3.63) is 83.9 Å². The Balaban J connectivity index is 1.44. The summed E-state index contributed by atoms with van der Waals surface area (Å²) in [7, 11) is 1.72. The molecule has 6 nitrogen and oxygen atoms in total. The first-order valence-corrected chi connectivity index (χ1v) is 10.4. The Morgan fingerprint density at radius 2 is 1.74 bits per heavy atom. The Labute approximate surface area is 181 Å². The van der Waals surface area contributed by atoms with Crippen LogP contribution in [-0.2, 0) is 22.7 Å². The van der Waals surface area contributed by atoms with Gasteiger partial charge in [0.2, 0.25) is 5.91 Å². The van der Waals surface area contributed by atoms with Gasteiger partial charge in [-0.05, 0) is 21.9 Å². The molecular weight excluding hydrogens is 392 g/mol. The number of likely N-dealkylation sites (N-methyl/N-ethyl adjacent to an activating group) is 1. The SMILES string of the molecule is CN(Cc1cccc2ccccc12)C(=O)[C@@H]1CC(O)CN1C(=O)OCc1ccccc1. The van der Waals surface area contributed by atoms with Crippen LogP contribution in [0.5, 0.6) is 0 Å². The molecule has 4 rings (SSSR count). The number of aliphatic hydroxyl groups excluding tert-OH is 1. The summed E-state index contributed by atoms with van der Waals surface area (Å²) in [6.07, 6.45) is -1.12. The molecule has 1 aliphatic heterocycles. The molecule has 2 amide bonds. The molecule has 0 spiro atoms. The average Bonchev–Trinajstić information content (AvgIpc) is 3.19. The predicted octanol–water partition coefficient (Wildman–Crippen LogP) is 3.57. The number of aliphatic hydroxyl groups is 1. The quantitative estimate of drug-likeness (QED) is 0.688. The molecule has 1 fully saturated rings. The fourth-order valence-corrected chi connectivity index (χ4v) is 4.07. The van der Waals surface area contributed by atoms with E-state index in [-0.39, 0.29) is 25.5 Å². The number of hydrogen-bond donors (Lipinski definition) is 1. The second-order valence-electron chi connectivity index (χ2n) is 7.93. The number of carbonyl (C=O) groups is 2. The number of benzene rings is 3. The summed E-state index contributed by atoms with van der Waals surface area (Å²) < 4.78 is 5.40. The number of amides is 2. The van der Waals surface area contributed by atoms with Gasteiger partial charge in [-0.2, -0.15) is 0 Å². The van der Waals surface area contributed by atoms with E-state index in [9.17, 15) is 14.7 Å². The van der Waals surface area contributed by atoms with Gasteiger partial charge in [0, 0.05) is 20.0 Å². The molecule has 6 heteroatoms. The maximum Gasteiger partial charge on any atom is 0.410 e. The molecule has 1 heterocycles. The molecular formula is C25H26N2O4. The van der Waals surface area contributed by atoms with Crippen LogP contribution in [0.3, 0.4) is 0 Å². The molecule has 1 saturated heterocycles. The molecule has 0 bridgehead atoms. The van der Waals surface area contributed by atoms with E-state index in [1.54, 1.807) is 11.9 Å². The Morgan fingerprint density at radius 3 is 2.55 bits per heavy atom. The highest BCUT2D eigenvalue weighted by Crippen LogP contribution is 2.24. The van der Waals surface area contributed by atoms with Crippen molar-refractivity contribution in [2.24, 2.45) is 0 Å². The Morgan fingerprint density at radius 1 is 1.03 bits per heavy atom. The van der Waals surface area contributed by atoms with E-state index in [0.717, 1.165) is 21.9 Å². The first kappa shape index (κ1) is 20.9. The lowest BCUT2D eigenvalue weighted by atomic mass is 10.0. The molecule has 2 atom stereocenters. The molecule has 3 aromatic carbocycles. The fraction of sp³-hybridized carbons (Fsp3) is 0.280. The number of rotatable bonds is 5. The molecule has 0 aromatic heterocycles. The lowest BCUT2D eigenvalue weighted by molar-refractivity contribution is -0.134. The smallest absolute Gasteiger partial charge is 0.410 e. The van der Waals surface area contributed by atoms with Crippen molar-refractivity contribution in [2.75, 3.05) is 13.6 Å². The van der Waals surface area contributed by atoms with Crippen LogP contribution in [-0.4, -0.2) is 52.6 Å². The molecule has 160 valence electrons. The number of nitrogens with zero attached hydrogens (tertiary/aromatic N) is 2. The molecule has 31 heavy (non-hydrogen) atoms. The van der Waals surface area contributed by atoms with Gasteiger partial charge in [-0.25, -0.2) is 4.79 Å². The Bertz CT molecular complexity index is 1060. The van der Waals surface area contributed by atoms with Crippen molar-refractivity contribution >= 4 is 22.8 Å². The molecule has 0 radical (unpaired) electrons. The molecule has 1 N–H and O–H groups in total. The second-order valence-corrected chi connectivity index (χ2v) is 7.93. The van der Waals surface area contributed by atoms with Crippen LogP contribution in [0.2, 0.25) is 0 Å². The number of β-amino-alcohol motifs (C(OH)–C–C–N with tert-alkyl or cyclic N) is 1. The number of hydrogen-bond acceptors (Lipinski definition) is 4. The van der Waals surface area contributed by atoms with Crippen LogP contribution in [0.1, 0.15) is 17.5 Å². The van der Waals surface area contributed by atoms with E-state index in [0.29, 0.717) is 6.54 Å². The van der Waals surface area contributed by atoms with E-state index in [1.165, 1.54) is 4.90 Å². The Kier molecular flexibility index (Phi) is 6.18. The van der Waals surface area contributed by atoms with E-state index < -0.39 is 18.2 Å². The van der Waals surface area contributed by atoms with Crippen LogP contribution in [0, 0.1) is 0 Å². The van der Waals surface area contributed by atoms with Crippen molar-refractivity contribution in [1.29, 1.82) is 0 Å². The van der Waals surface area contributed by atoms with Crippen molar-refractivity contribution in [3.8, 4) is 0 Å². The van der Waals surface area contributed by atoms with Gasteiger partial charge in [0.1, 0.15) is 12.6 Å². The van der Waals surface area contributed by atoms with Crippen molar-refractivity contribution in [2.45, 2.75) is 31.7 Å². The zero-order valence-electron chi connectivity index (χ0n) is 17.5. The van der Waals surface area contributed by atoms with Gasteiger partial charge in [-0.1, -0.05) is 72.8 Å². The second kappa shape index (κ2) is 9.18. The number of carbonyl (C=O) groups excluding carboxylic acids is 2. The standard InChI is InChI=1S/C25H26N2O4/c1-26(15-20-12-7-11-19-10-5-6-13-22(19)20)24(29)23-14-21(28)16-27(23)25(30)31-17-18-8-3-2-4-9-18/h2-13,21,23,28H,14-17H2,1H3/t21?,23-/m0/s1. The molecule has 0 aliphatic carbocycles. The third-order valence-electron chi connectivity index (χ3n) is 5.67. The van der Waals surface area contributed by atoms with Gasteiger partial charge in [0.25, 0.3) is 0 Å². The van der Waals surface area contributed by atoms with E-state index >= 15 is 0 Å². The number of likely N-dealkylation sites (tertiary alicyclic amines) is 1. The highest BCUT2D eigenvalue weighted by molar-refractivity contribution is 5.88. The normalized spacial score (nSPS) is 18.2. The van der Waals surface area contributed by atoms with E-state index in [1.807, 2.05) is 72.8 Å². The topological polar surface area (TPSA) is 70.1 Å². The first-order valence-electron chi connectivity index (χ1n) is 10.4. The molecule has 0 saturated carbocycles. The summed E-state index contributed by atoms with van der Waals surface area (Å²) in [5.74, 6) is -0.207. The van der Waals surface area contributed by atoms with Crippen molar-refractivity contribution in [1.82, 2.24) is 9.80 Å². The average molecular weight is 418 g/mol. The predicted molar refractivity (Wildman–Crippen MR) is 118 cm³/mol. The maximum atomic E-state index is 13.2. The van der Waals surface area contributed by atoms with Gasteiger partial charge in [0.05, 0.1) is 12.6 Å². The summed E-state index contributed by atoms with van der Waals surface area (Å²) in [6.45, 7) is 0.630. The summed E-state index contributed by atoms with van der Waals surface area (Å²) in [6, 6.07) is 22.7. The van der Waals surface area contributed by atoms with Gasteiger partial charge in [-0.15, -0.1) is 0 Å². The van der Waals surface area contributed by atoms with E-state index in [2.05, 4.69) is 0 Å². The van der Waals surface area contributed by atoms with Crippen LogP contribution in [0.4, 0.5) is 4.79 Å². The third-order valence-corrected chi connectivity index (χ3v) is 5.67. The van der Waals surface area contributed by atoms with Gasteiger partial charge in [0.15, 0.2) is 0 Å². The zero-order valence-corrected chi connectivity index (χ0v) is 17.5. The third kappa shape index (κ3) is 4.70. The molecule has 1 unspecified atom stereocenters. The van der Waals surface area contributed by atoms with Gasteiger partial charge >= 0.3 is 6.09 Å². The summed E-state index contributed by atoms with van der Waals surface area (Å²) in [5, 5.41) is 12.4. The largest absolute Gasteiger partial charge is 0.445 e. The highest BCUT2D eigenvalue weighted by atomic mass is 16.6. The fourth-order valence-electron chi connectivity index (χ4n) is 4.07. The van der Waals surface area contributed by atoms with Crippen molar-refractivity contribution < 1.29 is 19.4 Å².